The van der Waals surface area contributed by atoms with Crippen LogP contribution in [0.25, 0.3) is 0 Å². The van der Waals surface area contributed by atoms with Crippen molar-refractivity contribution in [2.75, 3.05) is 0 Å². The van der Waals surface area contributed by atoms with E-state index in [0.717, 1.165) is 6.42 Å². The number of hydrogen-bond acceptors (Lipinski definition) is 1. The van der Waals surface area contributed by atoms with E-state index in [0.29, 0.717) is 0 Å². The largest absolute Gasteiger partial charge is 0.550 e. The third kappa shape index (κ3) is 4.25. The van der Waals surface area contributed by atoms with E-state index in [1.54, 1.807) is 0 Å². The fraction of sp³-hybridized carbons (Fsp3) is 0.778. The summed E-state index contributed by atoms with van der Waals surface area (Å²) in [6.07, 6.45) is 5.04. The molecular weight excluding hydrogens is 152 g/mol. The molecule has 0 fully saturated rings. The Bertz CT molecular complexity index is 117. The maximum absolute atomic E-state index is 5.73. The molecule has 0 rings (SSSR count). The van der Waals surface area contributed by atoms with Gasteiger partial charge >= 0.3 is 0 Å². The molecule has 0 aliphatic rings. The lowest BCUT2D eigenvalue weighted by Gasteiger charge is -2.22. The average molecular weight is 172 g/mol. The summed E-state index contributed by atoms with van der Waals surface area (Å²) >= 11 is 0. The zero-order valence-electron chi connectivity index (χ0n) is 8.18. The van der Waals surface area contributed by atoms with Gasteiger partial charge < -0.3 is 4.43 Å². The summed E-state index contributed by atoms with van der Waals surface area (Å²) in [7, 11) is -1.32. The molecule has 0 unspecified atom stereocenters. The van der Waals surface area contributed by atoms with Crippen LogP contribution in [0, 0.1) is 0 Å². The van der Waals surface area contributed by atoms with E-state index in [-0.39, 0.29) is 0 Å². The molecule has 0 saturated heterocycles. The first kappa shape index (κ1) is 10.8. The zero-order chi connectivity index (χ0) is 8.74. The second kappa shape index (κ2) is 5.41. The van der Waals surface area contributed by atoms with Crippen molar-refractivity contribution in [3.63, 3.8) is 0 Å². The molecule has 0 bridgehead atoms. The number of rotatable bonds is 5. The van der Waals surface area contributed by atoms with Crippen LogP contribution in [0.5, 0.6) is 0 Å². The zero-order valence-corrected chi connectivity index (χ0v) is 9.18. The summed E-state index contributed by atoms with van der Waals surface area (Å²) in [5.41, 5.74) is 0. The Labute approximate surface area is 71.6 Å². The van der Waals surface area contributed by atoms with Gasteiger partial charge in [-0.25, -0.2) is 0 Å². The molecule has 11 heavy (non-hydrogen) atoms. The van der Waals surface area contributed by atoms with E-state index in [4.69, 9.17) is 4.43 Å². The van der Waals surface area contributed by atoms with Gasteiger partial charge in [0.1, 0.15) is 0 Å². The highest BCUT2D eigenvalue weighted by Gasteiger charge is 2.23. The average Bonchev–Trinajstić information content (AvgIpc) is 2.05. The van der Waals surface area contributed by atoms with Gasteiger partial charge in [0.05, 0.1) is 6.26 Å². The van der Waals surface area contributed by atoms with Crippen LogP contribution in [0.15, 0.2) is 12.3 Å². The Kier molecular flexibility index (Phi) is 5.29. The van der Waals surface area contributed by atoms with Crippen LogP contribution < -0.4 is 0 Å². The van der Waals surface area contributed by atoms with E-state index in [2.05, 4.69) is 33.4 Å². The minimum absolute atomic E-state index is 1.07. The van der Waals surface area contributed by atoms with Crippen LogP contribution in [-0.4, -0.2) is 8.32 Å². The van der Waals surface area contributed by atoms with Crippen LogP contribution >= 0.6 is 0 Å². The minimum atomic E-state index is -1.32. The molecule has 0 heterocycles. The standard InChI is InChI=1S/C9H20OSi/c1-5-8-9-10-11(4,6-2)7-3/h8-9H,5-7H2,1-4H3/b9-8+. The second-order valence-corrected chi connectivity index (χ2v) is 7.60. The molecule has 66 valence electrons. The summed E-state index contributed by atoms with van der Waals surface area (Å²) in [5, 5.41) is 0. The Hall–Kier alpha value is -0.243. The highest BCUT2D eigenvalue weighted by molar-refractivity contribution is 6.72. The van der Waals surface area contributed by atoms with E-state index in [1.165, 1.54) is 12.1 Å². The van der Waals surface area contributed by atoms with Crippen LogP contribution in [0.3, 0.4) is 0 Å². The number of allylic oxidation sites excluding steroid dienone is 1. The van der Waals surface area contributed by atoms with Crippen molar-refractivity contribution in [3.8, 4) is 0 Å². The van der Waals surface area contributed by atoms with Crippen LogP contribution in [-0.2, 0) is 4.43 Å². The Balaban J connectivity index is 3.77. The molecule has 0 aromatic heterocycles. The third-order valence-corrected chi connectivity index (χ3v) is 5.88. The number of hydrogen-bond donors (Lipinski definition) is 0. The van der Waals surface area contributed by atoms with Crippen LogP contribution in [0.4, 0.5) is 0 Å². The first-order chi connectivity index (χ1) is 5.18. The minimum Gasteiger partial charge on any atom is -0.550 e. The molecule has 0 spiro atoms. The van der Waals surface area contributed by atoms with E-state index >= 15 is 0 Å². The van der Waals surface area contributed by atoms with Gasteiger partial charge in [0.25, 0.3) is 0 Å². The topological polar surface area (TPSA) is 9.23 Å². The first-order valence-corrected chi connectivity index (χ1v) is 7.33. The summed E-state index contributed by atoms with van der Waals surface area (Å²) in [6, 6.07) is 2.41. The first-order valence-electron chi connectivity index (χ1n) is 4.51. The quantitative estimate of drug-likeness (QED) is 0.455. The predicted octanol–water partition coefficient (Wildman–Crippen LogP) is 3.54. The normalized spacial score (nSPS) is 12.4. The SMILES string of the molecule is CC/C=C/O[Si](C)(CC)CC. The molecule has 0 atom stereocenters. The molecule has 0 saturated carbocycles. The summed E-state index contributed by atoms with van der Waals surface area (Å²) < 4.78 is 5.73. The van der Waals surface area contributed by atoms with Gasteiger partial charge in [0.2, 0.25) is 8.32 Å². The molecule has 0 aliphatic carbocycles. The molecule has 0 aliphatic heterocycles. The van der Waals surface area contributed by atoms with Crippen molar-refractivity contribution < 1.29 is 4.43 Å². The van der Waals surface area contributed by atoms with Crippen LogP contribution in [0.1, 0.15) is 27.2 Å². The van der Waals surface area contributed by atoms with Gasteiger partial charge in [-0.2, -0.15) is 0 Å². The third-order valence-electron chi connectivity index (χ3n) is 2.18. The summed E-state index contributed by atoms with van der Waals surface area (Å²) in [6.45, 7) is 8.84. The molecule has 0 N–H and O–H groups in total. The van der Waals surface area contributed by atoms with Crippen molar-refractivity contribution in [3.05, 3.63) is 12.3 Å². The molecule has 0 aromatic rings. The van der Waals surface area contributed by atoms with Crippen molar-refractivity contribution in [2.45, 2.75) is 45.8 Å². The van der Waals surface area contributed by atoms with Gasteiger partial charge in [-0.1, -0.05) is 26.8 Å². The lowest BCUT2D eigenvalue weighted by atomic mass is 10.5. The lowest BCUT2D eigenvalue weighted by molar-refractivity contribution is 0.463. The molecule has 1 nitrogen and oxygen atoms in total. The van der Waals surface area contributed by atoms with E-state index < -0.39 is 8.32 Å². The fourth-order valence-electron chi connectivity index (χ4n) is 0.725. The molecule has 0 amide bonds. The maximum Gasteiger partial charge on any atom is 0.246 e. The van der Waals surface area contributed by atoms with Gasteiger partial charge in [0, 0.05) is 0 Å². The lowest BCUT2D eigenvalue weighted by Crippen LogP contribution is -2.29. The molecule has 2 heteroatoms. The fourth-order valence-corrected chi connectivity index (χ4v) is 1.98. The smallest absolute Gasteiger partial charge is 0.246 e. The molecular formula is C9H20OSi. The highest BCUT2D eigenvalue weighted by atomic mass is 28.4. The van der Waals surface area contributed by atoms with Crippen molar-refractivity contribution >= 4 is 8.32 Å². The second-order valence-electron chi connectivity index (χ2n) is 3.05. The predicted molar refractivity (Wildman–Crippen MR) is 53.1 cm³/mol. The molecule has 0 radical (unpaired) electrons. The van der Waals surface area contributed by atoms with Crippen molar-refractivity contribution in [1.29, 1.82) is 0 Å². The highest BCUT2D eigenvalue weighted by Crippen LogP contribution is 2.16. The monoisotopic (exact) mass is 172 g/mol. The Morgan fingerprint density at radius 3 is 2.09 bits per heavy atom. The summed E-state index contributed by atoms with van der Waals surface area (Å²) in [4.78, 5) is 0. The van der Waals surface area contributed by atoms with Crippen LogP contribution in [0.2, 0.25) is 18.6 Å². The van der Waals surface area contributed by atoms with Gasteiger partial charge in [-0.05, 0) is 25.1 Å². The van der Waals surface area contributed by atoms with E-state index in [1.807, 2.05) is 6.26 Å². The van der Waals surface area contributed by atoms with Gasteiger partial charge in [-0.3, -0.25) is 0 Å². The summed E-state index contributed by atoms with van der Waals surface area (Å²) in [5.74, 6) is 0. The maximum atomic E-state index is 5.73. The van der Waals surface area contributed by atoms with Gasteiger partial charge in [0.15, 0.2) is 0 Å². The van der Waals surface area contributed by atoms with Crippen molar-refractivity contribution in [2.24, 2.45) is 0 Å². The Morgan fingerprint density at radius 1 is 1.18 bits per heavy atom. The van der Waals surface area contributed by atoms with Gasteiger partial charge in [-0.15, -0.1) is 0 Å². The molecule has 0 aromatic carbocycles. The van der Waals surface area contributed by atoms with Crippen molar-refractivity contribution in [1.82, 2.24) is 0 Å². The Morgan fingerprint density at radius 2 is 1.73 bits per heavy atom. The van der Waals surface area contributed by atoms with E-state index in [9.17, 15) is 0 Å².